The van der Waals surface area contributed by atoms with Crippen molar-refractivity contribution in [3.05, 3.63) is 0 Å². The van der Waals surface area contributed by atoms with Gasteiger partial charge in [-0.3, -0.25) is 0 Å². The van der Waals surface area contributed by atoms with Crippen LogP contribution in [0.15, 0.2) is 0 Å². The highest BCUT2D eigenvalue weighted by atomic mass is 16.7. The van der Waals surface area contributed by atoms with Crippen LogP contribution in [0.2, 0.25) is 0 Å². The summed E-state index contributed by atoms with van der Waals surface area (Å²) in [5, 5.41) is 29.6. The van der Waals surface area contributed by atoms with E-state index >= 15 is 0 Å². The lowest BCUT2D eigenvalue weighted by molar-refractivity contribution is -0.218. The van der Waals surface area contributed by atoms with Gasteiger partial charge in [0.15, 0.2) is 6.29 Å². The van der Waals surface area contributed by atoms with Crippen LogP contribution in [0.25, 0.3) is 0 Å². The van der Waals surface area contributed by atoms with E-state index in [1.54, 1.807) is 6.92 Å². The largest absolute Gasteiger partial charge is 0.391 e. The molecule has 2 fully saturated rings. The van der Waals surface area contributed by atoms with Crippen LogP contribution >= 0.6 is 0 Å². The van der Waals surface area contributed by atoms with Gasteiger partial charge in [-0.15, -0.1) is 0 Å². The zero-order chi connectivity index (χ0) is 15.7. The highest BCUT2D eigenvalue weighted by Crippen LogP contribution is 2.37. The van der Waals surface area contributed by atoms with E-state index in [1.807, 2.05) is 0 Å². The molecule has 1 saturated carbocycles. The first-order valence-electron chi connectivity index (χ1n) is 8.16. The van der Waals surface area contributed by atoms with E-state index in [9.17, 15) is 15.3 Å². The van der Waals surface area contributed by atoms with Gasteiger partial charge >= 0.3 is 0 Å². The Hall–Kier alpha value is -0.200. The normalized spacial score (nSPS) is 46.0. The second-order valence-electron chi connectivity index (χ2n) is 7.19. The molecule has 0 amide bonds. The lowest BCUT2D eigenvalue weighted by atomic mass is 9.75. The molecule has 0 unspecified atom stereocenters. The maximum atomic E-state index is 10.1. The van der Waals surface area contributed by atoms with Crippen molar-refractivity contribution in [1.29, 1.82) is 0 Å². The van der Waals surface area contributed by atoms with Gasteiger partial charge in [0.2, 0.25) is 0 Å². The molecular formula is C16H30O5. The quantitative estimate of drug-likeness (QED) is 0.729. The molecule has 124 valence electrons. The standard InChI is InChI=1S/C16H30O5/c1-8(2)11-6-5-9(3)7-12(11)20-16-14(19)13(18)15(21-16)10(4)17/h8-19H,5-7H2,1-4H3/t9-,10+,11+,12-,13+,14+,15-,16+/m1/s1. The zero-order valence-electron chi connectivity index (χ0n) is 13.5. The highest BCUT2D eigenvalue weighted by molar-refractivity contribution is 4.91. The van der Waals surface area contributed by atoms with Crippen LogP contribution < -0.4 is 0 Å². The van der Waals surface area contributed by atoms with Crippen molar-refractivity contribution in [2.45, 2.75) is 83.8 Å². The van der Waals surface area contributed by atoms with Crippen molar-refractivity contribution in [2.75, 3.05) is 0 Å². The molecule has 5 heteroatoms. The third kappa shape index (κ3) is 3.77. The minimum absolute atomic E-state index is 0.0355. The number of aliphatic hydroxyl groups excluding tert-OH is 3. The number of ether oxygens (including phenoxy) is 2. The molecule has 0 aromatic rings. The van der Waals surface area contributed by atoms with Gasteiger partial charge in [0.25, 0.3) is 0 Å². The van der Waals surface area contributed by atoms with Crippen LogP contribution in [-0.2, 0) is 9.47 Å². The van der Waals surface area contributed by atoms with Gasteiger partial charge in [-0.1, -0.05) is 27.2 Å². The summed E-state index contributed by atoms with van der Waals surface area (Å²) in [5.74, 6) is 1.55. The predicted molar refractivity (Wildman–Crippen MR) is 78.6 cm³/mol. The number of rotatable bonds is 4. The van der Waals surface area contributed by atoms with E-state index in [2.05, 4.69) is 20.8 Å². The summed E-state index contributed by atoms with van der Waals surface area (Å²) < 4.78 is 11.6. The van der Waals surface area contributed by atoms with Crippen LogP contribution in [0.5, 0.6) is 0 Å². The Balaban J connectivity index is 2.02. The molecule has 5 nitrogen and oxygen atoms in total. The van der Waals surface area contributed by atoms with E-state index in [0.29, 0.717) is 17.8 Å². The Morgan fingerprint density at radius 1 is 1.10 bits per heavy atom. The van der Waals surface area contributed by atoms with Crippen molar-refractivity contribution < 1.29 is 24.8 Å². The summed E-state index contributed by atoms with van der Waals surface area (Å²) in [7, 11) is 0. The lowest BCUT2D eigenvalue weighted by Crippen LogP contribution is -2.41. The average molecular weight is 302 g/mol. The summed E-state index contributed by atoms with van der Waals surface area (Å²) in [6.45, 7) is 8.14. The van der Waals surface area contributed by atoms with E-state index in [-0.39, 0.29) is 6.10 Å². The number of hydrogen-bond acceptors (Lipinski definition) is 5. The fraction of sp³-hybridized carbons (Fsp3) is 1.00. The average Bonchev–Trinajstić information content (AvgIpc) is 2.67. The van der Waals surface area contributed by atoms with Crippen LogP contribution in [-0.4, -0.2) is 52.1 Å². The lowest BCUT2D eigenvalue weighted by Gasteiger charge is -2.38. The van der Waals surface area contributed by atoms with Crippen molar-refractivity contribution in [3.8, 4) is 0 Å². The molecule has 1 heterocycles. The van der Waals surface area contributed by atoms with Gasteiger partial charge < -0.3 is 24.8 Å². The topological polar surface area (TPSA) is 79.2 Å². The summed E-state index contributed by atoms with van der Waals surface area (Å²) in [5.41, 5.74) is 0. The molecule has 0 aromatic carbocycles. The van der Waals surface area contributed by atoms with Crippen LogP contribution in [0.3, 0.4) is 0 Å². The number of hydrogen-bond donors (Lipinski definition) is 3. The smallest absolute Gasteiger partial charge is 0.186 e. The molecule has 21 heavy (non-hydrogen) atoms. The molecule has 0 aromatic heterocycles. The minimum Gasteiger partial charge on any atom is -0.391 e. The van der Waals surface area contributed by atoms with Crippen LogP contribution in [0, 0.1) is 17.8 Å². The molecule has 0 bridgehead atoms. The summed E-state index contributed by atoms with van der Waals surface area (Å²) in [6, 6.07) is 0. The van der Waals surface area contributed by atoms with Crippen molar-refractivity contribution in [2.24, 2.45) is 17.8 Å². The summed E-state index contributed by atoms with van der Waals surface area (Å²) in [6.07, 6.45) is -1.37. The van der Waals surface area contributed by atoms with Crippen molar-refractivity contribution in [1.82, 2.24) is 0 Å². The number of aliphatic hydroxyl groups is 3. The molecule has 2 aliphatic rings. The van der Waals surface area contributed by atoms with E-state index < -0.39 is 30.7 Å². The SMILES string of the molecule is CC(C)[C@@H]1CC[C@@H](C)C[C@H]1O[C@H]1O[C@H]([C@H](C)O)[C@@H](O)[C@@H]1O. The fourth-order valence-corrected chi connectivity index (χ4v) is 3.63. The Kier molecular flexibility index (Phi) is 5.65. The minimum atomic E-state index is -1.10. The third-order valence-corrected chi connectivity index (χ3v) is 5.00. The van der Waals surface area contributed by atoms with Crippen molar-refractivity contribution in [3.63, 3.8) is 0 Å². The maximum absolute atomic E-state index is 10.1. The molecular weight excluding hydrogens is 272 g/mol. The first kappa shape index (κ1) is 17.2. The van der Waals surface area contributed by atoms with Gasteiger partial charge in [0.05, 0.1) is 12.2 Å². The van der Waals surface area contributed by atoms with Crippen LogP contribution in [0.4, 0.5) is 0 Å². The molecule has 2 rings (SSSR count). The van der Waals surface area contributed by atoms with Crippen molar-refractivity contribution >= 4 is 0 Å². The second-order valence-corrected chi connectivity index (χ2v) is 7.19. The molecule has 8 atom stereocenters. The second kappa shape index (κ2) is 6.92. The van der Waals surface area contributed by atoms with Gasteiger partial charge in [0, 0.05) is 0 Å². The Bertz CT molecular complexity index is 333. The molecule has 3 N–H and O–H groups in total. The first-order chi connectivity index (χ1) is 9.81. The monoisotopic (exact) mass is 302 g/mol. The van der Waals surface area contributed by atoms with E-state index in [0.717, 1.165) is 12.8 Å². The van der Waals surface area contributed by atoms with Gasteiger partial charge in [0.1, 0.15) is 18.3 Å². The highest BCUT2D eigenvalue weighted by Gasteiger charge is 2.47. The van der Waals surface area contributed by atoms with Gasteiger partial charge in [-0.2, -0.15) is 0 Å². The molecule has 1 aliphatic carbocycles. The molecule has 0 radical (unpaired) electrons. The molecule has 1 saturated heterocycles. The maximum Gasteiger partial charge on any atom is 0.186 e. The first-order valence-corrected chi connectivity index (χ1v) is 8.16. The predicted octanol–water partition coefficient (Wildman–Crippen LogP) is 1.29. The molecule has 0 spiro atoms. The van der Waals surface area contributed by atoms with Gasteiger partial charge in [-0.25, -0.2) is 0 Å². The molecule has 1 aliphatic heterocycles. The Labute approximate surface area is 127 Å². The summed E-state index contributed by atoms with van der Waals surface area (Å²) >= 11 is 0. The fourth-order valence-electron chi connectivity index (χ4n) is 3.63. The summed E-state index contributed by atoms with van der Waals surface area (Å²) in [4.78, 5) is 0. The van der Waals surface area contributed by atoms with E-state index in [1.165, 1.54) is 6.42 Å². The third-order valence-electron chi connectivity index (χ3n) is 5.00. The van der Waals surface area contributed by atoms with Gasteiger partial charge in [-0.05, 0) is 37.5 Å². The van der Waals surface area contributed by atoms with Crippen LogP contribution in [0.1, 0.15) is 47.0 Å². The van der Waals surface area contributed by atoms with E-state index in [4.69, 9.17) is 9.47 Å². The zero-order valence-corrected chi connectivity index (χ0v) is 13.5. The Morgan fingerprint density at radius 2 is 1.76 bits per heavy atom. The Morgan fingerprint density at radius 3 is 2.29 bits per heavy atom.